The van der Waals surface area contributed by atoms with Crippen LogP contribution in [0, 0.1) is 0 Å². The summed E-state index contributed by atoms with van der Waals surface area (Å²) in [6, 6.07) is 17.9. The minimum Gasteiger partial charge on any atom is -0.478 e. The number of aliphatic carboxylic acids is 1. The second-order valence-corrected chi connectivity index (χ2v) is 5.92. The minimum atomic E-state index is -0.893. The highest BCUT2D eigenvalue weighted by Crippen LogP contribution is 2.24. The van der Waals surface area contributed by atoms with Crippen LogP contribution >= 0.6 is 15.9 Å². The van der Waals surface area contributed by atoms with Crippen molar-refractivity contribution in [3.05, 3.63) is 87.9 Å². The van der Waals surface area contributed by atoms with Crippen molar-refractivity contribution in [2.45, 2.75) is 12.8 Å². The predicted molar refractivity (Wildman–Crippen MR) is 93.8 cm³/mol. The fourth-order valence-corrected chi connectivity index (χ4v) is 2.33. The van der Waals surface area contributed by atoms with E-state index in [1.54, 1.807) is 13.0 Å². The van der Waals surface area contributed by atoms with Crippen molar-refractivity contribution in [3.63, 3.8) is 0 Å². The number of halogens is 1. The van der Waals surface area contributed by atoms with E-state index >= 15 is 0 Å². The van der Waals surface area contributed by atoms with E-state index in [1.807, 2.05) is 66.7 Å². The van der Waals surface area contributed by atoms with E-state index in [2.05, 4.69) is 15.9 Å². The van der Waals surface area contributed by atoms with Crippen LogP contribution in [-0.4, -0.2) is 11.1 Å². The molecule has 0 aromatic heterocycles. The molecular weight excluding hydrogens is 340 g/mol. The van der Waals surface area contributed by atoms with Gasteiger partial charge in [-0.05, 0) is 30.2 Å². The SMILES string of the molecule is CC(=CC(C=Cc1ccccc1)c1ccc(Br)cc1)C(=O)O. The molecule has 0 aliphatic heterocycles. The number of allylic oxidation sites excluding steroid dienone is 2. The lowest BCUT2D eigenvalue weighted by atomic mass is 9.95. The first-order valence-corrected chi connectivity index (χ1v) is 7.76. The third kappa shape index (κ3) is 4.71. The Balaban J connectivity index is 2.33. The molecule has 1 atom stereocenters. The molecule has 2 nitrogen and oxygen atoms in total. The van der Waals surface area contributed by atoms with E-state index < -0.39 is 5.97 Å². The summed E-state index contributed by atoms with van der Waals surface area (Å²) >= 11 is 3.42. The van der Waals surface area contributed by atoms with Crippen LogP contribution in [0.2, 0.25) is 0 Å². The Hall–Kier alpha value is -2.13. The molecule has 0 aliphatic carbocycles. The molecule has 0 bridgehead atoms. The van der Waals surface area contributed by atoms with Crippen molar-refractivity contribution in [1.29, 1.82) is 0 Å². The minimum absolute atomic E-state index is 0.0793. The van der Waals surface area contributed by atoms with E-state index in [0.29, 0.717) is 5.57 Å². The Morgan fingerprint density at radius 2 is 1.73 bits per heavy atom. The Morgan fingerprint density at radius 3 is 2.32 bits per heavy atom. The van der Waals surface area contributed by atoms with Crippen molar-refractivity contribution in [2.24, 2.45) is 0 Å². The van der Waals surface area contributed by atoms with Crippen LogP contribution in [0.15, 0.2) is 76.8 Å². The van der Waals surface area contributed by atoms with Crippen LogP contribution in [-0.2, 0) is 4.79 Å². The molecule has 3 heteroatoms. The highest BCUT2D eigenvalue weighted by Gasteiger charge is 2.08. The summed E-state index contributed by atoms with van der Waals surface area (Å²) < 4.78 is 1.00. The third-order valence-electron chi connectivity index (χ3n) is 3.32. The number of benzene rings is 2. The fourth-order valence-electron chi connectivity index (χ4n) is 2.07. The Labute approximate surface area is 138 Å². The monoisotopic (exact) mass is 356 g/mol. The molecule has 112 valence electrons. The lowest BCUT2D eigenvalue weighted by Gasteiger charge is -2.10. The van der Waals surface area contributed by atoms with Gasteiger partial charge in [0.1, 0.15) is 0 Å². The molecule has 0 aliphatic rings. The Kier molecular flexibility index (Phi) is 5.73. The van der Waals surface area contributed by atoms with Gasteiger partial charge in [-0.3, -0.25) is 0 Å². The highest BCUT2D eigenvalue weighted by molar-refractivity contribution is 9.10. The molecule has 2 aromatic rings. The molecular formula is C19H17BrO2. The predicted octanol–water partition coefficient (Wildman–Crippen LogP) is 5.28. The standard InChI is InChI=1S/C19H17BrO2/c1-14(19(21)22)13-17(16-9-11-18(20)12-10-16)8-7-15-5-3-2-4-6-15/h2-13,17H,1H3,(H,21,22). The van der Waals surface area contributed by atoms with Gasteiger partial charge < -0.3 is 5.11 Å². The zero-order valence-corrected chi connectivity index (χ0v) is 13.8. The summed E-state index contributed by atoms with van der Waals surface area (Å²) in [6.45, 7) is 1.62. The summed E-state index contributed by atoms with van der Waals surface area (Å²) in [5.41, 5.74) is 2.48. The van der Waals surface area contributed by atoms with Gasteiger partial charge >= 0.3 is 5.97 Å². The van der Waals surface area contributed by atoms with Gasteiger partial charge in [0.2, 0.25) is 0 Å². The van der Waals surface area contributed by atoms with E-state index in [0.717, 1.165) is 15.6 Å². The zero-order chi connectivity index (χ0) is 15.9. The lowest BCUT2D eigenvalue weighted by molar-refractivity contribution is -0.132. The highest BCUT2D eigenvalue weighted by atomic mass is 79.9. The number of rotatable bonds is 5. The second-order valence-electron chi connectivity index (χ2n) is 5.00. The van der Waals surface area contributed by atoms with E-state index in [-0.39, 0.29) is 5.92 Å². The molecule has 0 radical (unpaired) electrons. The van der Waals surface area contributed by atoms with Crippen LogP contribution in [0.5, 0.6) is 0 Å². The van der Waals surface area contributed by atoms with Gasteiger partial charge in [0.25, 0.3) is 0 Å². The fraction of sp³-hybridized carbons (Fsp3) is 0.105. The first-order valence-electron chi connectivity index (χ1n) is 6.96. The maximum Gasteiger partial charge on any atom is 0.330 e. The molecule has 0 saturated carbocycles. The lowest BCUT2D eigenvalue weighted by Crippen LogP contribution is -2.00. The summed E-state index contributed by atoms with van der Waals surface area (Å²) in [4.78, 5) is 11.1. The van der Waals surface area contributed by atoms with Crippen molar-refractivity contribution < 1.29 is 9.90 Å². The molecule has 22 heavy (non-hydrogen) atoms. The van der Waals surface area contributed by atoms with E-state index in [1.165, 1.54) is 0 Å². The zero-order valence-electron chi connectivity index (χ0n) is 12.2. The van der Waals surface area contributed by atoms with Crippen molar-refractivity contribution in [3.8, 4) is 0 Å². The van der Waals surface area contributed by atoms with E-state index in [9.17, 15) is 4.79 Å². The van der Waals surface area contributed by atoms with Crippen molar-refractivity contribution in [2.75, 3.05) is 0 Å². The average molecular weight is 357 g/mol. The summed E-state index contributed by atoms with van der Waals surface area (Å²) in [7, 11) is 0. The molecule has 2 rings (SSSR count). The van der Waals surface area contributed by atoms with Gasteiger partial charge in [0, 0.05) is 16.0 Å². The number of hydrogen-bond acceptors (Lipinski definition) is 1. The van der Waals surface area contributed by atoms with E-state index in [4.69, 9.17) is 5.11 Å². The molecule has 0 spiro atoms. The smallest absolute Gasteiger partial charge is 0.330 e. The summed E-state index contributed by atoms with van der Waals surface area (Å²) in [5, 5.41) is 9.11. The molecule has 0 fully saturated rings. The molecule has 1 N–H and O–H groups in total. The summed E-state index contributed by atoms with van der Waals surface area (Å²) in [6.07, 6.45) is 5.80. The normalized spacial score (nSPS) is 13.3. The number of carboxylic acids is 1. The van der Waals surface area contributed by atoms with Crippen LogP contribution in [0.25, 0.3) is 6.08 Å². The molecule has 0 saturated heterocycles. The van der Waals surface area contributed by atoms with Crippen molar-refractivity contribution >= 4 is 28.0 Å². The van der Waals surface area contributed by atoms with Gasteiger partial charge in [0.15, 0.2) is 0 Å². The average Bonchev–Trinajstić information content (AvgIpc) is 2.53. The van der Waals surface area contributed by atoms with Gasteiger partial charge in [-0.25, -0.2) is 4.79 Å². The van der Waals surface area contributed by atoms with Gasteiger partial charge in [-0.15, -0.1) is 0 Å². The first kappa shape index (κ1) is 16.2. The van der Waals surface area contributed by atoms with Crippen LogP contribution in [0.4, 0.5) is 0 Å². The van der Waals surface area contributed by atoms with Crippen LogP contribution in [0.3, 0.4) is 0 Å². The second kappa shape index (κ2) is 7.76. The van der Waals surface area contributed by atoms with Crippen LogP contribution in [0.1, 0.15) is 24.0 Å². The Morgan fingerprint density at radius 1 is 1.09 bits per heavy atom. The van der Waals surface area contributed by atoms with Gasteiger partial charge in [0.05, 0.1) is 0 Å². The maximum absolute atomic E-state index is 11.1. The number of carboxylic acid groups (broad SMARTS) is 1. The summed E-state index contributed by atoms with van der Waals surface area (Å²) in [5.74, 6) is -0.973. The van der Waals surface area contributed by atoms with Crippen LogP contribution < -0.4 is 0 Å². The quantitative estimate of drug-likeness (QED) is 0.740. The molecule has 1 unspecified atom stereocenters. The largest absolute Gasteiger partial charge is 0.478 e. The molecule has 0 amide bonds. The topological polar surface area (TPSA) is 37.3 Å². The number of hydrogen-bond donors (Lipinski definition) is 1. The maximum atomic E-state index is 11.1. The van der Waals surface area contributed by atoms with Gasteiger partial charge in [-0.2, -0.15) is 0 Å². The first-order chi connectivity index (χ1) is 10.6. The van der Waals surface area contributed by atoms with Gasteiger partial charge in [-0.1, -0.05) is 76.6 Å². The Bertz CT molecular complexity index is 685. The van der Waals surface area contributed by atoms with Crippen molar-refractivity contribution in [1.82, 2.24) is 0 Å². The molecule has 0 heterocycles. The third-order valence-corrected chi connectivity index (χ3v) is 3.85. The number of carbonyl (C=O) groups is 1. The molecule has 2 aromatic carbocycles.